The Balaban J connectivity index is 3.58. The van der Waals surface area contributed by atoms with Gasteiger partial charge >= 0.3 is 0 Å². The van der Waals surface area contributed by atoms with Crippen LogP contribution in [-0.4, -0.2) is 57.3 Å². The first-order valence-electron chi connectivity index (χ1n) is 30.6. The zero-order chi connectivity index (χ0) is 48.8. The molecule has 1 amide bonds. The average Bonchev–Trinajstić information content (AvgIpc) is 3.33. The summed E-state index contributed by atoms with van der Waals surface area (Å²) in [4.78, 5) is 12.6. The highest BCUT2D eigenvalue weighted by Gasteiger charge is 2.28. The third-order valence-corrected chi connectivity index (χ3v) is 14.7. The fraction of sp³-hybridized carbons (Fsp3) is 0.951. The van der Waals surface area contributed by atoms with Crippen molar-refractivity contribution in [1.29, 1.82) is 0 Å². The summed E-state index contributed by atoms with van der Waals surface area (Å²) in [6.07, 6.45) is 67.2. The molecule has 0 saturated heterocycles. The maximum atomic E-state index is 12.6. The zero-order valence-corrected chi connectivity index (χ0v) is 45.4. The molecule has 6 nitrogen and oxygen atoms in total. The van der Waals surface area contributed by atoms with Crippen LogP contribution in [0.5, 0.6) is 0 Å². The first-order valence-corrected chi connectivity index (χ1v) is 30.6. The fourth-order valence-electron chi connectivity index (χ4n) is 9.93. The molecule has 0 aliphatic carbocycles. The highest BCUT2D eigenvalue weighted by molar-refractivity contribution is 5.80. The van der Waals surface area contributed by atoms with Crippen LogP contribution in [-0.2, 0) is 4.79 Å². The number of hydrogen-bond acceptors (Lipinski definition) is 5. The van der Waals surface area contributed by atoms with Gasteiger partial charge < -0.3 is 25.7 Å². The Morgan fingerprint density at radius 3 is 0.866 bits per heavy atom. The second kappa shape index (κ2) is 56.0. The molecule has 0 aromatic carbocycles. The molecule has 0 aromatic heterocycles. The number of hydrogen-bond donors (Lipinski definition) is 5. The number of amides is 1. The predicted molar refractivity (Wildman–Crippen MR) is 293 cm³/mol. The van der Waals surface area contributed by atoms with Crippen LogP contribution in [0.3, 0.4) is 0 Å². The number of aliphatic hydroxyl groups is 4. The monoisotopic (exact) mass is 948 g/mol. The summed E-state index contributed by atoms with van der Waals surface area (Å²) in [5, 5.41) is 44.1. The Hall–Kier alpha value is -0.950. The number of carbonyl (C=O) groups is 1. The van der Waals surface area contributed by atoms with Crippen molar-refractivity contribution >= 4 is 5.91 Å². The molecule has 0 radical (unpaired) electrons. The number of rotatable bonds is 57. The van der Waals surface area contributed by atoms with Crippen molar-refractivity contribution in [3.8, 4) is 0 Å². The quantitative estimate of drug-likeness (QED) is 0.0308. The SMILES string of the molecule is CCCCCCCCCCCCCC/C=C\CCCCCCCCCCCCC(O)C(=O)NC(CO)C(O)C(O)CCCCCCCCCCCCCCCCCCCCCCCCCCC. The van der Waals surface area contributed by atoms with Crippen molar-refractivity contribution < 1.29 is 25.2 Å². The van der Waals surface area contributed by atoms with Gasteiger partial charge in [-0.15, -0.1) is 0 Å². The minimum absolute atomic E-state index is 0.371. The second-order valence-corrected chi connectivity index (χ2v) is 21.4. The van der Waals surface area contributed by atoms with Crippen LogP contribution in [0.25, 0.3) is 0 Å². The largest absolute Gasteiger partial charge is 0.394 e. The van der Waals surface area contributed by atoms with E-state index < -0.39 is 36.9 Å². The van der Waals surface area contributed by atoms with Crippen LogP contribution >= 0.6 is 0 Å². The van der Waals surface area contributed by atoms with E-state index in [1.54, 1.807) is 0 Å². The second-order valence-electron chi connectivity index (χ2n) is 21.4. The van der Waals surface area contributed by atoms with Gasteiger partial charge in [-0.05, 0) is 38.5 Å². The van der Waals surface area contributed by atoms with E-state index in [1.165, 1.54) is 276 Å². The minimum Gasteiger partial charge on any atom is -0.394 e. The van der Waals surface area contributed by atoms with Crippen molar-refractivity contribution in [3.63, 3.8) is 0 Å². The molecule has 0 rings (SSSR count). The molecule has 0 heterocycles. The number of unbranched alkanes of at least 4 members (excludes halogenated alkanes) is 46. The maximum Gasteiger partial charge on any atom is 0.249 e. The Bertz CT molecular complexity index is 975. The first-order chi connectivity index (χ1) is 33.0. The molecular weight excluding hydrogens is 827 g/mol. The average molecular weight is 949 g/mol. The standard InChI is InChI=1S/C61H121NO5/c1-3-5-7-9-11-13-15-17-19-21-23-25-27-29-31-33-35-37-39-41-43-45-47-49-51-53-55-59(65)61(67)62-57(56-63)60(66)58(64)54-52-50-48-46-44-42-40-38-36-34-32-30-28-26-24-22-20-18-16-14-12-10-8-6-4-2/h29,31,57-60,63-66H,3-28,30,32-56H2,1-2H3,(H,62,67)/b31-29-. The summed E-state index contributed by atoms with van der Waals surface area (Å²) in [6.45, 7) is 4.10. The van der Waals surface area contributed by atoms with E-state index in [0.717, 1.165) is 38.5 Å². The van der Waals surface area contributed by atoms with Crippen molar-refractivity contribution in [2.45, 2.75) is 366 Å². The number of aliphatic hydroxyl groups excluding tert-OH is 4. The molecule has 0 aromatic rings. The van der Waals surface area contributed by atoms with Gasteiger partial charge in [-0.25, -0.2) is 0 Å². The van der Waals surface area contributed by atoms with E-state index in [0.29, 0.717) is 12.8 Å². The van der Waals surface area contributed by atoms with Gasteiger partial charge in [0.1, 0.15) is 12.2 Å². The van der Waals surface area contributed by atoms with Crippen LogP contribution in [0.2, 0.25) is 0 Å². The highest BCUT2D eigenvalue weighted by atomic mass is 16.3. The molecule has 67 heavy (non-hydrogen) atoms. The van der Waals surface area contributed by atoms with Gasteiger partial charge in [-0.2, -0.15) is 0 Å². The lowest BCUT2D eigenvalue weighted by Gasteiger charge is -2.27. The van der Waals surface area contributed by atoms with E-state index in [4.69, 9.17) is 0 Å². The molecule has 400 valence electrons. The Morgan fingerprint density at radius 2 is 0.597 bits per heavy atom. The van der Waals surface area contributed by atoms with Gasteiger partial charge in [-0.1, -0.05) is 315 Å². The van der Waals surface area contributed by atoms with Crippen LogP contribution in [0.1, 0.15) is 341 Å². The molecule has 6 heteroatoms. The van der Waals surface area contributed by atoms with Gasteiger partial charge in [0.05, 0.1) is 18.8 Å². The smallest absolute Gasteiger partial charge is 0.249 e. The molecule has 0 aliphatic heterocycles. The highest BCUT2D eigenvalue weighted by Crippen LogP contribution is 2.19. The molecule has 0 bridgehead atoms. The summed E-state index contributed by atoms with van der Waals surface area (Å²) < 4.78 is 0. The molecule has 4 atom stereocenters. The summed E-state index contributed by atoms with van der Waals surface area (Å²) >= 11 is 0. The summed E-state index contributed by atoms with van der Waals surface area (Å²) in [6, 6.07) is -0.984. The van der Waals surface area contributed by atoms with E-state index in [9.17, 15) is 25.2 Å². The van der Waals surface area contributed by atoms with Gasteiger partial charge in [0.25, 0.3) is 0 Å². The zero-order valence-electron chi connectivity index (χ0n) is 45.4. The van der Waals surface area contributed by atoms with Gasteiger partial charge in [0, 0.05) is 0 Å². The number of carbonyl (C=O) groups excluding carboxylic acids is 1. The lowest BCUT2D eigenvalue weighted by molar-refractivity contribution is -0.132. The third kappa shape index (κ3) is 49.8. The molecule has 0 spiro atoms. The van der Waals surface area contributed by atoms with Crippen LogP contribution in [0.15, 0.2) is 12.2 Å². The van der Waals surface area contributed by atoms with Crippen LogP contribution in [0, 0.1) is 0 Å². The first kappa shape index (κ1) is 66.0. The van der Waals surface area contributed by atoms with Gasteiger partial charge in [-0.3, -0.25) is 4.79 Å². The lowest BCUT2D eigenvalue weighted by Crippen LogP contribution is -2.53. The maximum absolute atomic E-state index is 12.6. The van der Waals surface area contributed by atoms with E-state index in [-0.39, 0.29) is 0 Å². The molecule has 5 N–H and O–H groups in total. The molecule has 0 aliphatic rings. The molecule has 0 saturated carbocycles. The number of allylic oxidation sites excluding steroid dienone is 2. The Labute approximate surface area is 419 Å². The number of nitrogens with one attached hydrogen (secondary N) is 1. The van der Waals surface area contributed by atoms with Crippen LogP contribution < -0.4 is 5.32 Å². The molecule has 0 fully saturated rings. The van der Waals surface area contributed by atoms with Crippen molar-refractivity contribution in [1.82, 2.24) is 5.32 Å². The Kier molecular flexibility index (Phi) is 55.2. The van der Waals surface area contributed by atoms with Crippen molar-refractivity contribution in [2.75, 3.05) is 6.61 Å². The minimum atomic E-state index is -1.26. The van der Waals surface area contributed by atoms with Crippen LogP contribution in [0.4, 0.5) is 0 Å². The summed E-state index contributed by atoms with van der Waals surface area (Å²) in [7, 11) is 0. The van der Waals surface area contributed by atoms with Gasteiger partial charge in [0.2, 0.25) is 5.91 Å². The Morgan fingerprint density at radius 1 is 0.358 bits per heavy atom. The van der Waals surface area contributed by atoms with Gasteiger partial charge in [0.15, 0.2) is 0 Å². The summed E-state index contributed by atoms with van der Waals surface area (Å²) in [5.74, 6) is -0.578. The molecular formula is C61H121NO5. The lowest BCUT2D eigenvalue weighted by atomic mass is 9.99. The van der Waals surface area contributed by atoms with E-state index in [1.807, 2.05) is 0 Å². The molecule has 4 unspecified atom stereocenters. The fourth-order valence-corrected chi connectivity index (χ4v) is 9.93. The summed E-state index contributed by atoms with van der Waals surface area (Å²) in [5.41, 5.74) is 0. The van der Waals surface area contributed by atoms with Crippen molar-refractivity contribution in [2.24, 2.45) is 0 Å². The predicted octanol–water partition coefficient (Wildman–Crippen LogP) is 18.0. The topological polar surface area (TPSA) is 110 Å². The third-order valence-electron chi connectivity index (χ3n) is 14.7. The van der Waals surface area contributed by atoms with E-state index >= 15 is 0 Å². The normalized spacial score (nSPS) is 13.7. The van der Waals surface area contributed by atoms with E-state index in [2.05, 4.69) is 31.3 Å². The van der Waals surface area contributed by atoms with Crippen molar-refractivity contribution in [3.05, 3.63) is 12.2 Å².